The lowest BCUT2D eigenvalue weighted by Gasteiger charge is -2.24. The van der Waals surface area contributed by atoms with Gasteiger partial charge in [-0.3, -0.25) is 0 Å². The molecule has 0 bridgehead atoms. The fourth-order valence-corrected chi connectivity index (χ4v) is 2.97. The van der Waals surface area contributed by atoms with Gasteiger partial charge in [-0.05, 0) is 43.7 Å². The SMILES string of the molecule is c1cc2nncn2nc1-n1nc(CC2CC2)nc1C1CCC1. The van der Waals surface area contributed by atoms with Crippen molar-refractivity contribution in [2.24, 2.45) is 5.92 Å². The lowest BCUT2D eigenvalue weighted by atomic mass is 9.85. The van der Waals surface area contributed by atoms with Crippen LogP contribution in [-0.2, 0) is 6.42 Å². The molecule has 3 aromatic rings. The summed E-state index contributed by atoms with van der Waals surface area (Å²) in [4.78, 5) is 4.83. The maximum atomic E-state index is 4.83. The van der Waals surface area contributed by atoms with E-state index in [1.165, 1.54) is 32.1 Å². The van der Waals surface area contributed by atoms with Crippen LogP contribution in [0.15, 0.2) is 18.5 Å². The van der Waals surface area contributed by atoms with Gasteiger partial charge in [-0.1, -0.05) is 6.42 Å². The first-order chi connectivity index (χ1) is 10.9. The van der Waals surface area contributed by atoms with Crippen LogP contribution in [0, 0.1) is 5.92 Å². The molecule has 112 valence electrons. The minimum atomic E-state index is 0.527. The van der Waals surface area contributed by atoms with Gasteiger partial charge in [0.1, 0.15) is 12.2 Å². The van der Waals surface area contributed by atoms with E-state index in [-0.39, 0.29) is 0 Å². The lowest BCUT2D eigenvalue weighted by molar-refractivity contribution is 0.393. The Morgan fingerprint density at radius 1 is 1.09 bits per heavy atom. The second-order valence-corrected chi connectivity index (χ2v) is 6.40. The van der Waals surface area contributed by atoms with E-state index in [9.17, 15) is 0 Å². The minimum Gasteiger partial charge on any atom is -0.216 e. The standard InChI is InChI=1S/C15H17N7/c1-2-11(3-1)15-17-12(8-10-4-5-10)19-22(15)14-7-6-13-18-16-9-21(13)20-14/h6-7,9-11H,1-5,8H2. The van der Waals surface area contributed by atoms with E-state index in [1.54, 1.807) is 10.8 Å². The summed E-state index contributed by atoms with van der Waals surface area (Å²) in [6.45, 7) is 0. The van der Waals surface area contributed by atoms with Gasteiger partial charge in [0.25, 0.3) is 0 Å². The van der Waals surface area contributed by atoms with Crippen molar-refractivity contribution in [2.75, 3.05) is 0 Å². The second kappa shape index (κ2) is 4.59. The van der Waals surface area contributed by atoms with Crippen molar-refractivity contribution in [3.8, 4) is 5.82 Å². The van der Waals surface area contributed by atoms with Crippen LogP contribution < -0.4 is 0 Å². The average molecular weight is 295 g/mol. The molecule has 3 aromatic heterocycles. The summed E-state index contributed by atoms with van der Waals surface area (Å²) >= 11 is 0. The molecule has 22 heavy (non-hydrogen) atoms. The van der Waals surface area contributed by atoms with Gasteiger partial charge in [-0.25, -0.2) is 4.98 Å². The molecule has 2 fully saturated rings. The van der Waals surface area contributed by atoms with Crippen LogP contribution in [0.1, 0.15) is 49.7 Å². The summed E-state index contributed by atoms with van der Waals surface area (Å²) in [5.41, 5.74) is 0.743. The van der Waals surface area contributed by atoms with Crippen LogP contribution >= 0.6 is 0 Å². The highest BCUT2D eigenvalue weighted by Gasteiger charge is 2.29. The molecule has 7 nitrogen and oxygen atoms in total. The maximum Gasteiger partial charge on any atom is 0.177 e. The molecule has 0 aromatic carbocycles. The summed E-state index contributed by atoms with van der Waals surface area (Å²) in [6, 6.07) is 3.86. The van der Waals surface area contributed by atoms with Gasteiger partial charge < -0.3 is 0 Å². The Morgan fingerprint density at radius 2 is 2.00 bits per heavy atom. The Balaban J connectivity index is 1.59. The quantitative estimate of drug-likeness (QED) is 0.735. The predicted octanol–water partition coefficient (Wildman–Crippen LogP) is 1.92. The highest BCUT2D eigenvalue weighted by molar-refractivity contribution is 5.38. The molecule has 0 atom stereocenters. The van der Waals surface area contributed by atoms with Gasteiger partial charge in [-0.15, -0.1) is 20.4 Å². The third-order valence-corrected chi connectivity index (χ3v) is 4.68. The summed E-state index contributed by atoms with van der Waals surface area (Å²) in [5, 5.41) is 17.2. The Labute approximate surface area is 127 Å². The number of aromatic nitrogens is 7. The summed E-state index contributed by atoms with van der Waals surface area (Å²) in [7, 11) is 0. The van der Waals surface area contributed by atoms with E-state index >= 15 is 0 Å². The number of fused-ring (bicyclic) bond motifs is 1. The van der Waals surface area contributed by atoms with Gasteiger partial charge in [0, 0.05) is 12.3 Å². The molecule has 0 N–H and O–H groups in total. The van der Waals surface area contributed by atoms with Gasteiger partial charge in [0.2, 0.25) is 0 Å². The van der Waals surface area contributed by atoms with E-state index in [4.69, 9.17) is 10.1 Å². The fraction of sp³-hybridized carbons (Fsp3) is 0.533. The molecule has 0 saturated heterocycles. The molecular formula is C15H17N7. The molecule has 0 aliphatic heterocycles. The molecule has 2 saturated carbocycles. The summed E-state index contributed by atoms with van der Waals surface area (Å²) in [5.74, 6) is 4.15. The van der Waals surface area contributed by atoms with Crippen LogP contribution in [0.5, 0.6) is 0 Å². The molecule has 0 radical (unpaired) electrons. The molecule has 3 heterocycles. The van der Waals surface area contributed by atoms with Crippen LogP contribution in [-0.4, -0.2) is 34.6 Å². The van der Waals surface area contributed by atoms with Gasteiger partial charge in [0.15, 0.2) is 17.3 Å². The highest BCUT2D eigenvalue weighted by Crippen LogP contribution is 2.37. The fourth-order valence-electron chi connectivity index (χ4n) is 2.97. The molecule has 2 aliphatic carbocycles. The minimum absolute atomic E-state index is 0.527. The van der Waals surface area contributed by atoms with Gasteiger partial charge in [-0.2, -0.15) is 9.20 Å². The smallest absolute Gasteiger partial charge is 0.177 e. The highest BCUT2D eigenvalue weighted by atomic mass is 15.4. The van der Waals surface area contributed by atoms with Crippen molar-refractivity contribution in [3.63, 3.8) is 0 Å². The second-order valence-electron chi connectivity index (χ2n) is 6.40. The van der Waals surface area contributed by atoms with E-state index in [0.29, 0.717) is 5.92 Å². The molecule has 5 rings (SSSR count). The van der Waals surface area contributed by atoms with Crippen LogP contribution in [0.3, 0.4) is 0 Å². The van der Waals surface area contributed by atoms with Crippen molar-refractivity contribution in [2.45, 2.75) is 44.4 Å². The van der Waals surface area contributed by atoms with E-state index in [0.717, 1.165) is 35.5 Å². The topological polar surface area (TPSA) is 73.8 Å². The average Bonchev–Trinajstić information content (AvgIpc) is 3.00. The van der Waals surface area contributed by atoms with Gasteiger partial charge >= 0.3 is 0 Å². The third kappa shape index (κ3) is 2.00. The van der Waals surface area contributed by atoms with Crippen LogP contribution in [0.4, 0.5) is 0 Å². The number of hydrogen-bond donors (Lipinski definition) is 0. The Hall–Kier alpha value is -2.31. The molecule has 0 amide bonds. The zero-order valence-electron chi connectivity index (χ0n) is 12.3. The monoisotopic (exact) mass is 295 g/mol. The first-order valence-electron chi connectivity index (χ1n) is 8.00. The third-order valence-electron chi connectivity index (χ3n) is 4.68. The normalized spacial score (nSPS) is 18.7. The number of hydrogen-bond acceptors (Lipinski definition) is 5. The predicted molar refractivity (Wildman–Crippen MR) is 78.7 cm³/mol. The van der Waals surface area contributed by atoms with Crippen molar-refractivity contribution in [3.05, 3.63) is 30.1 Å². The molecular weight excluding hydrogens is 278 g/mol. The number of nitrogens with zero attached hydrogens (tertiary/aromatic N) is 7. The van der Waals surface area contributed by atoms with Crippen LogP contribution in [0.25, 0.3) is 11.5 Å². The Kier molecular flexibility index (Phi) is 2.56. The molecule has 2 aliphatic rings. The first-order valence-corrected chi connectivity index (χ1v) is 8.00. The Morgan fingerprint density at radius 3 is 2.77 bits per heavy atom. The van der Waals surface area contributed by atoms with E-state index in [2.05, 4.69) is 15.3 Å². The largest absolute Gasteiger partial charge is 0.216 e. The number of rotatable bonds is 4. The summed E-state index contributed by atoms with van der Waals surface area (Å²) < 4.78 is 3.61. The first kappa shape index (κ1) is 12.3. The summed E-state index contributed by atoms with van der Waals surface area (Å²) in [6.07, 6.45) is 8.95. The zero-order valence-corrected chi connectivity index (χ0v) is 12.3. The maximum absolute atomic E-state index is 4.83. The van der Waals surface area contributed by atoms with E-state index in [1.807, 2.05) is 16.8 Å². The van der Waals surface area contributed by atoms with Crippen molar-refractivity contribution in [1.29, 1.82) is 0 Å². The Bertz CT molecular complexity index is 825. The molecule has 0 spiro atoms. The lowest BCUT2D eigenvalue weighted by Crippen LogP contribution is -2.16. The molecule has 7 heteroatoms. The van der Waals surface area contributed by atoms with Crippen molar-refractivity contribution < 1.29 is 0 Å². The van der Waals surface area contributed by atoms with Crippen molar-refractivity contribution in [1.82, 2.24) is 34.6 Å². The zero-order chi connectivity index (χ0) is 14.5. The molecule has 0 unspecified atom stereocenters. The van der Waals surface area contributed by atoms with Crippen LogP contribution in [0.2, 0.25) is 0 Å². The van der Waals surface area contributed by atoms with Crippen molar-refractivity contribution >= 4 is 5.65 Å². The van der Waals surface area contributed by atoms with Gasteiger partial charge in [0.05, 0.1) is 0 Å². The van der Waals surface area contributed by atoms with E-state index < -0.39 is 0 Å².